The van der Waals surface area contributed by atoms with Gasteiger partial charge in [-0.25, -0.2) is 8.42 Å². The van der Waals surface area contributed by atoms with Gasteiger partial charge in [0.25, 0.3) is 5.69 Å². The number of hydrogen-bond acceptors (Lipinski definition) is 6. The Bertz CT molecular complexity index is 1180. The number of rotatable bonds is 12. The monoisotopic (exact) mass is 518 g/mol. The van der Waals surface area contributed by atoms with Crippen LogP contribution >= 0.6 is 0 Å². The zero-order valence-electron chi connectivity index (χ0n) is 21.3. The van der Waals surface area contributed by atoms with Gasteiger partial charge in [0.1, 0.15) is 12.6 Å². The molecule has 0 aromatic heterocycles. The molecular formula is C25H34N4O6S. The van der Waals surface area contributed by atoms with Crippen molar-refractivity contribution < 1.29 is 22.9 Å². The summed E-state index contributed by atoms with van der Waals surface area (Å²) in [6, 6.07) is 12.4. The zero-order chi connectivity index (χ0) is 27.0. The maximum absolute atomic E-state index is 13.6. The number of hydrogen-bond donors (Lipinski definition) is 1. The molecule has 36 heavy (non-hydrogen) atoms. The number of carbonyl (C=O) groups excluding carboxylic acids is 2. The van der Waals surface area contributed by atoms with Gasteiger partial charge in [0.15, 0.2) is 0 Å². The van der Waals surface area contributed by atoms with Gasteiger partial charge in [-0.05, 0) is 44.7 Å². The first-order chi connectivity index (χ1) is 16.8. The van der Waals surface area contributed by atoms with Crippen molar-refractivity contribution in [2.24, 2.45) is 0 Å². The SMILES string of the molecule is CC[C@H](C(=O)NC(C)C)N(CCc1ccccc1)C(=O)CN(c1cc([N+](=O)[O-])ccc1C)S(C)(=O)=O. The number of nitro benzene ring substituents is 1. The Hall–Kier alpha value is -3.47. The Morgan fingerprint density at radius 3 is 2.28 bits per heavy atom. The maximum Gasteiger partial charge on any atom is 0.271 e. The van der Waals surface area contributed by atoms with Crippen LogP contribution in [0.25, 0.3) is 0 Å². The van der Waals surface area contributed by atoms with Gasteiger partial charge >= 0.3 is 0 Å². The van der Waals surface area contributed by atoms with Crippen LogP contribution in [-0.4, -0.2) is 61.5 Å². The molecule has 0 aliphatic heterocycles. The van der Waals surface area contributed by atoms with Gasteiger partial charge < -0.3 is 10.2 Å². The van der Waals surface area contributed by atoms with Gasteiger partial charge in [-0.15, -0.1) is 0 Å². The molecule has 0 heterocycles. The predicted octanol–water partition coefficient (Wildman–Crippen LogP) is 3.04. The average Bonchev–Trinajstić information content (AvgIpc) is 2.79. The number of non-ortho nitro benzene ring substituents is 1. The number of benzene rings is 2. The molecule has 10 nitrogen and oxygen atoms in total. The van der Waals surface area contributed by atoms with E-state index in [0.717, 1.165) is 22.2 Å². The number of nitro groups is 1. The van der Waals surface area contributed by atoms with Crippen LogP contribution < -0.4 is 9.62 Å². The van der Waals surface area contributed by atoms with E-state index in [2.05, 4.69) is 5.32 Å². The highest BCUT2D eigenvalue weighted by molar-refractivity contribution is 7.92. The van der Waals surface area contributed by atoms with E-state index in [4.69, 9.17) is 0 Å². The second kappa shape index (κ2) is 12.5. The van der Waals surface area contributed by atoms with E-state index in [-0.39, 0.29) is 29.9 Å². The van der Waals surface area contributed by atoms with Gasteiger partial charge in [-0.1, -0.05) is 43.3 Å². The summed E-state index contributed by atoms with van der Waals surface area (Å²) in [7, 11) is -3.99. The molecule has 0 aliphatic carbocycles. The summed E-state index contributed by atoms with van der Waals surface area (Å²) in [6.45, 7) is 6.63. The Labute approximate surface area is 212 Å². The fourth-order valence-corrected chi connectivity index (χ4v) is 4.75. The van der Waals surface area contributed by atoms with Gasteiger partial charge in [0, 0.05) is 24.7 Å². The maximum atomic E-state index is 13.6. The minimum atomic E-state index is -3.99. The highest BCUT2D eigenvalue weighted by Crippen LogP contribution is 2.27. The third-order valence-corrected chi connectivity index (χ3v) is 6.78. The molecule has 0 radical (unpaired) electrons. The molecule has 2 aromatic carbocycles. The molecule has 0 saturated heterocycles. The molecule has 2 aromatic rings. The number of amides is 2. The average molecular weight is 519 g/mol. The second-order valence-corrected chi connectivity index (χ2v) is 10.8. The fraction of sp³-hybridized carbons (Fsp3) is 0.440. The highest BCUT2D eigenvalue weighted by Gasteiger charge is 2.32. The van der Waals surface area contributed by atoms with Crippen LogP contribution in [0.2, 0.25) is 0 Å². The van der Waals surface area contributed by atoms with Gasteiger partial charge in [0.2, 0.25) is 21.8 Å². The number of carbonyl (C=O) groups is 2. The van der Waals surface area contributed by atoms with Gasteiger partial charge in [0.05, 0.1) is 16.9 Å². The highest BCUT2D eigenvalue weighted by atomic mass is 32.2. The number of anilines is 1. The second-order valence-electron chi connectivity index (χ2n) is 8.91. The van der Waals surface area contributed by atoms with Crippen molar-refractivity contribution in [3.8, 4) is 0 Å². The molecule has 11 heteroatoms. The van der Waals surface area contributed by atoms with Crippen LogP contribution in [0.1, 0.15) is 38.3 Å². The molecule has 0 fully saturated rings. The smallest absolute Gasteiger partial charge is 0.271 e. The lowest BCUT2D eigenvalue weighted by Gasteiger charge is -2.33. The van der Waals surface area contributed by atoms with Crippen LogP contribution in [0, 0.1) is 17.0 Å². The van der Waals surface area contributed by atoms with Crippen molar-refractivity contribution in [3.05, 3.63) is 69.8 Å². The van der Waals surface area contributed by atoms with Gasteiger partial charge in [-0.2, -0.15) is 0 Å². The zero-order valence-corrected chi connectivity index (χ0v) is 22.1. The number of nitrogens with one attached hydrogen (secondary N) is 1. The van der Waals surface area contributed by atoms with Crippen LogP contribution in [0.5, 0.6) is 0 Å². The first kappa shape index (κ1) is 28.8. The number of sulfonamides is 1. The molecule has 0 bridgehead atoms. The molecular weight excluding hydrogens is 484 g/mol. The Morgan fingerprint density at radius 2 is 1.75 bits per heavy atom. The predicted molar refractivity (Wildman–Crippen MR) is 139 cm³/mol. The van der Waals surface area contributed by atoms with Crippen LogP contribution in [0.15, 0.2) is 48.5 Å². The van der Waals surface area contributed by atoms with E-state index < -0.39 is 33.4 Å². The molecule has 0 spiro atoms. The molecule has 0 saturated carbocycles. The molecule has 2 amide bonds. The lowest BCUT2D eigenvalue weighted by Crippen LogP contribution is -2.54. The molecule has 196 valence electrons. The Kier molecular flexibility index (Phi) is 9.97. The van der Waals surface area contributed by atoms with Crippen LogP contribution in [0.4, 0.5) is 11.4 Å². The summed E-state index contributed by atoms with van der Waals surface area (Å²) in [5.74, 6) is -0.903. The first-order valence-corrected chi connectivity index (χ1v) is 13.6. The van der Waals surface area contributed by atoms with Gasteiger partial charge in [-0.3, -0.25) is 24.0 Å². The molecule has 1 N–H and O–H groups in total. The quantitative estimate of drug-likeness (QED) is 0.340. The van der Waals surface area contributed by atoms with Crippen molar-refractivity contribution in [1.29, 1.82) is 0 Å². The summed E-state index contributed by atoms with van der Waals surface area (Å²) >= 11 is 0. The number of aryl methyl sites for hydroxylation is 1. The Morgan fingerprint density at radius 1 is 1.11 bits per heavy atom. The van der Waals surface area contributed by atoms with E-state index in [9.17, 15) is 28.1 Å². The van der Waals surface area contributed by atoms with E-state index in [0.29, 0.717) is 18.4 Å². The largest absolute Gasteiger partial charge is 0.352 e. The van der Waals surface area contributed by atoms with Crippen LogP contribution in [0.3, 0.4) is 0 Å². The topological polar surface area (TPSA) is 130 Å². The summed E-state index contributed by atoms with van der Waals surface area (Å²) in [5, 5.41) is 14.1. The summed E-state index contributed by atoms with van der Waals surface area (Å²) < 4.78 is 26.3. The summed E-state index contributed by atoms with van der Waals surface area (Å²) in [5.41, 5.74) is 1.17. The van der Waals surface area contributed by atoms with E-state index in [1.165, 1.54) is 17.0 Å². The molecule has 2 rings (SSSR count). The van der Waals surface area contributed by atoms with Crippen molar-refractivity contribution in [2.75, 3.05) is 23.7 Å². The summed E-state index contributed by atoms with van der Waals surface area (Å²) in [6.07, 6.45) is 1.73. The van der Waals surface area contributed by atoms with Crippen molar-refractivity contribution in [2.45, 2.75) is 52.6 Å². The van der Waals surface area contributed by atoms with Crippen molar-refractivity contribution in [3.63, 3.8) is 0 Å². The standard InChI is InChI=1S/C25H34N4O6S/c1-6-22(25(31)26-18(2)3)27(15-14-20-10-8-7-9-11-20)24(30)17-28(36(5,34)35)23-16-21(29(32)33)13-12-19(23)4/h7-13,16,18,22H,6,14-15,17H2,1-5H3,(H,26,31)/t22-/m1/s1. The third-order valence-electron chi connectivity index (χ3n) is 5.65. The van der Waals surface area contributed by atoms with E-state index >= 15 is 0 Å². The molecule has 1 atom stereocenters. The normalized spacial score (nSPS) is 12.2. The van der Waals surface area contributed by atoms with E-state index in [1.807, 2.05) is 44.2 Å². The Balaban J connectivity index is 2.45. The molecule has 0 unspecified atom stereocenters. The van der Waals surface area contributed by atoms with Crippen molar-refractivity contribution >= 4 is 33.2 Å². The van der Waals surface area contributed by atoms with Crippen LogP contribution in [-0.2, 0) is 26.0 Å². The molecule has 0 aliphatic rings. The fourth-order valence-electron chi connectivity index (χ4n) is 3.85. The minimum absolute atomic E-state index is 0.0442. The third kappa shape index (κ3) is 7.77. The number of nitrogens with zero attached hydrogens (tertiary/aromatic N) is 3. The van der Waals surface area contributed by atoms with Crippen molar-refractivity contribution in [1.82, 2.24) is 10.2 Å². The lowest BCUT2D eigenvalue weighted by atomic mass is 10.1. The summed E-state index contributed by atoms with van der Waals surface area (Å²) in [4.78, 5) is 38.6. The first-order valence-electron chi connectivity index (χ1n) is 11.7. The minimum Gasteiger partial charge on any atom is -0.352 e. The lowest BCUT2D eigenvalue weighted by molar-refractivity contribution is -0.384. The van der Waals surface area contributed by atoms with E-state index in [1.54, 1.807) is 13.8 Å².